The van der Waals surface area contributed by atoms with E-state index in [2.05, 4.69) is 49.8 Å². The van der Waals surface area contributed by atoms with Crippen LogP contribution < -0.4 is 0 Å². The van der Waals surface area contributed by atoms with Gasteiger partial charge in [-0.25, -0.2) is 0 Å². The monoisotopic (exact) mass is 204 g/mol. The molecule has 1 rings (SSSR count). The summed E-state index contributed by atoms with van der Waals surface area (Å²) < 4.78 is 0. The molecule has 0 saturated carbocycles. The number of benzene rings is 1. The van der Waals surface area contributed by atoms with Crippen molar-refractivity contribution < 1.29 is 0 Å². The van der Waals surface area contributed by atoms with Crippen molar-refractivity contribution >= 4 is 5.84 Å². The second kappa shape index (κ2) is 4.47. The van der Waals surface area contributed by atoms with Crippen LogP contribution in [0.5, 0.6) is 0 Å². The summed E-state index contributed by atoms with van der Waals surface area (Å²) in [6, 6.07) is 10.3. The minimum Gasteiger partial charge on any atom is -0.355 e. The molecule has 15 heavy (non-hydrogen) atoms. The predicted octanol–water partition coefficient (Wildman–Crippen LogP) is 2.79. The van der Waals surface area contributed by atoms with E-state index in [1.165, 1.54) is 0 Å². The first kappa shape index (κ1) is 11.8. The molecule has 2 nitrogen and oxygen atoms in total. The highest BCUT2D eigenvalue weighted by Gasteiger charge is 2.20. The normalized spacial score (nSPS) is 12.7. The van der Waals surface area contributed by atoms with Gasteiger partial charge in [-0.3, -0.25) is 4.99 Å². The molecule has 0 bridgehead atoms. The first-order valence-corrected chi connectivity index (χ1v) is 5.23. The number of nitrogens with zero attached hydrogens (tertiary/aromatic N) is 2. The summed E-state index contributed by atoms with van der Waals surface area (Å²) in [7, 11) is 3.92. The first-order chi connectivity index (χ1) is 6.96. The molecule has 0 aliphatic carbocycles. The van der Waals surface area contributed by atoms with Gasteiger partial charge in [0.25, 0.3) is 0 Å². The number of amidine groups is 1. The summed E-state index contributed by atoms with van der Waals surface area (Å²) in [5.41, 5.74) is 1.25. The van der Waals surface area contributed by atoms with Crippen LogP contribution in [0.2, 0.25) is 0 Å². The fraction of sp³-hybridized carbons (Fsp3) is 0.462. The standard InChI is InChI=1S/C13H20N2/c1-13(2,3)15(5)12(14-4)11-9-7-6-8-10-11/h6-10H,1-5H3. The lowest BCUT2D eigenvalue weighted by atomic mass is 10.0. The van der Waals surface area contributed by atoms with Gasteiger partial charge in [-0.15, -0.1) is 0 Å². The lowest BCUT2D eigenvalue weighted by Crippen LogP contribution is -2.43. The van der Waals surface area contributed by atoms with Gasteiger partial charge in [0.15, 0.2) is 0 Å². The molecule has 0 atom stereocenters. The SMILES string of the molecule is CN=C(c1ccccc1)N(C)C(C)(C)C. The maximum atomic E-state index is 4.37. The fourth-order valence-corrected chi connectivity index (χ4v) is 1.38. The van der Waals surface area contributed by atoms with Crippen molar-refractivity contribution in [2.24, 2.45) is 4.99 Å². The number of hydrogen-bond acceptors (Lipinski definition) is 1. The molecule has 0 N–H and O–H groups in total. The maximum Gasteiger partial charge on any atom is 0.130 e. The maximum absolute atomic E-state index is 4.37. The second-order valence-electron chi connectivity index (χ2n) is 4.64. The minimum atomic E-state index is 0.0880. The van der Waals surface area contributed by atoms with E-state index in [-0.39, 0.29) is 5.54 Å². The van der Waals surface area contributed by atoms with Gasteiger partial charge >= 0.3 is 0 Å². The Hall–Kier alpha value is -1.31. The van der Waals surface area contributed by atoms with Gasteiger partial charge in [-0.1, -0.05) is 30.3 Å². The van der Waals surface area contributed by atoms with Crippen LogP contribution in [-0.2, 0) is 0 Å². The van der Waals surface area contributed by atoms with Crippen molar-refractivity contribution in [3.05, 3.63) is 35.9 Å². The van der Waals surface area contributed by atoms with E-state index in [4.69, 9.17) is 0 Å². The van der Waals surface area contributed by atoms with Gasteiger partial charge in [0, 0.05) is 25.2 Å². The van der Waals surface area contributed by atoms with Crippen LogP contribution in [0.1, 0.15) is 26.3 Å². The smallest absolute Gasteiger partial charge is 0.130 e. The van der Waals surface area contributed by atoms with Gasteiger partial charge in [0.1, 0.15) is 5.84 Å². The van der Waals surface area contributed by atoms with Crippen molar-refractivity contribution in [1.82, 2.24) is 4.90 Å². The van der Waals surface area contributed by atoms with Crippen LogP contribution >= 0.6 is 0 Å². The summed E-state index contributed by atoms with van der Waals surface area (Å²) in [5, 5.41) is 0. The van der Waals surface area contributed by atoms with Gasteiger partial charge in [-0.05, 0) is 20.8 Å². The molecule has 0 radical (unpaired) electrons. The van der Waals surface area contributed by atoms with Crippen LogP contribution in [0.4, 0.5) is 0 Å². The largest absolute Gasteiger partial charge is 0.355 e. The molecule has 0 amide bonds. The zero-order valence-corrected chi connectivity index (χ0v) is 10.3. The molecule has 0 heterocycles. The minimum absolute atomic E-state index is 0.0880. The molecule has 1 aromatic carbocycles. The third-order valence-corrected chi connectivity index (χ3v) is 2.57. The molecule has 0 aliphatic heterocycles. The summed E-state index contributed by atoms with van der Waals surface area (Å²) in [6.45, 7) is 6.54. The molecule has 0 aliphatic rings. The van der Waals surface area contributed by atoms with Crippen LogP contribution in [0.3, 0.4) is 0 Å². The lowest BCUT2D eigenvalue weighted by molar-refractivity contribution is 0.282. The summed E-state index contributed by atoms with van der Waals surface area (Å²) in [6.07, 6.45) is 0. The van der Waals surface area contributed by atoms with E-state index >= 15 is 0 Å². The van der Waals surface area contributed by atoms with Crippen LogP contribution in [0.15, 0.2) is 35.3 Å². The summed E-state index contributed by atoms with van der Waals surface area (Å²) in [4.78, 5) is 6.56. The molecular formula is C13H20N2. The van der Waals surface area contributed by atoms with Crippen LogP contribution in [0.25, 0.3) is 0 Å². The van der Waals surface area contributed by atoms with Crippen molar-refractivity contribution in [3.8, 4) is 0 Å². The summed E-state index contributed by atoms with van der Waals surface area (Å²) >= 11 is 0. The quantitative estimate of drug-likeness (QED) is 0.507. The number of hydrogen-bond donors (Lipinski definition) is 0. The van der Waals surface area contributed by atoms with Crippen LogP contribution in [0, 0.1) is 0 Å². The fourth-order valence-electron chi connectivity index (χ4n) is 1.38. The van der Waals surface area contributed by atoms with E-state index in [9.17, 15) is 0 Å². The van der Waals surface area contributed by atoms with E-state index < -0.39 is 0 Å². The molecule has 2 heteroatoms. The van der Waals surface area contributed by atoms with Crippen molar-refractivity contribution in [2.45, 2.75) is 26.3 Å². The zero-order chi connectivity index (χ0) is 11.5. The topological polar surface area (TPSA) is 15.6 Å². The second-order valence-corrected chi connectivity index (χ2v) is 4.64. The highest BCUT2D eigenvalue weighted by molar-refractivity contribution is 5.98. The van der Waals surface area contributed by atoms with E-state index in [1.54, 1.807) is 0 Å². The number of aliphatic imine (C=N–C) groups is 1. The van der Waals surface area contributed by atoms with Crippen molar-refractivity contribution in [3.63, 3.8) is 0 Å². The average molecular weight is 204 g/mol. The first-order valence-electron chi connectivity index (χ1n) is 5.23. The third kappa shape index (κ3) is 2.82. The highest BCUT2D eigenvalue weighted by atomic mass is 15.2. The Kier molecular flexibility index (Phi) is 3.51. The molecular weight excluding hydrogens is 184 g/mol. The van der Waals surface area contributed by atoms with Crippen LogP contribution in [-0.4, -0.2) is 30.4 Å². The summed E-state index contributed by atoms with van der Waals surface area (Å²) in [5.74, 6) is 1.03. The Morgan fingerprint density at radius 3 is 2.07 bits per heavy atom. The van der Waals surface area contributed by atoms with Gasteiger partial charge < -0.3 is 4.90 Å². The average Bonchev–Trinajstić information content (AvgIpc) is 2.19. The molecule has 1 aromatic rings. The molecule has 0 fully saturated rings. The lowest BCUT2D eigenvalue weighted by Gasteiger charge is -2.34. The molecule has 0 unspecified atom stereocenters. The Morgan fingerprint density at radius 2 is 1.67 bits per heavy atom. The van der Waals surface area contributed by atoms with E-state index in [0.29, 0.717) is 0 Å². The van der Waals surface area contributed by atoms with Gasteiger partial charge in [-0.2, -0.15) is 0 Å². The molecule has 0 saturated heterocycles. The van der Waals surface area contributed by atoms with Crippen molar-refractivity contribution in [2.75, 3.05) is 14.1 Å². The Morgan fingerprint density at radius 1 is 1.13 bits per heavy atom. The predicted molar refractivity (Wildman–Crippen MR) is 66.4 cm³/mol. The molecule has 0 spiro atoms. The van der Waals surface area contributed by atoms with E-state index in [1.807, 2.05) is 25.2 Å². The Labute approximate surface area is 92.6 Å². The zero-order valence-electron chi connectivity index (χ0n) is 10.3. The molecule has 0 aromatic heterocycles. The number of rotatable bonds is 1. The Bertz CT molecular complexity index is 333. The van der Waals surface area contributed by atoms with Gasteiger partial charge in [0.2, 0.25) is 0 Å². The Balaban J connectivity index is 3.02. The highest BCUT2D eigenvalue weighted by Crippen LogP contribution is 2.15. The third-order valence-electron chi connectivity index (χ3n) is 2.57. The van der Waals surface area contributed by atoms with E-state index in [0.717, 1.165) is 11.4 Å². The van der Waals surface area contributed by atoms with Crippen molar-refractivity contribution in [1.29, 1.82) is 0 Å². The molecule has 82 valence electrons. The van der Waals surface area contributed by atoms with Gasteiger partial charge in [0.05, 0.1) is 0 Å².